The van der Waals surface area contributed by atoms with Crippen LogP contribution in [0.1, 0.15) is 22.7 Å². The number of carboxylic acid groups (broad SMARTS) is 1. The standard InChI is InChI=1S/C13H14N2O3/c1-7-11(6-12(16)17)8(2)15-13(14-7)10-4-5-18-9(10)3/h4-5H,6H2,1-3H3,(H,16,17). The Morgan fingerprint density at radius 1 is 1.28 bits per heavy atom. The zero-order valence-electron chi connectivity index (χ0n) is 10.5. The van der Waals surface area contributed by atoms with Crippen molar-refractivity contribution in [2.75, 3.05) is 0 Å². The number of aryl methyl sites for hydroxylation is 3. The molecular weight excluding hydrogens is 232 g/mol. The van der Waals surface area contributed by atoms with Gasteiger partial charge in [0.05, 0.1) is 18.2 Å². The van der Waals surface area contributed by atoms with Gasteiger partial charge in [-0.2, -0.15) is 0 Å². The van der Waals surface area contributed by atoms with Crippen molar-refractivity contribution in [1.82, 2.24) is 9.97 Å². The predicted molar refractivity (Wildman–Crippen MR) is 65.3 cm³/mol. The Labute approximate surface area is 105 Å². The molecule has 18 heavy (non-hydrogen) atoms. The van der Waals surface area contributed by atoms with E-state index in [-0.39, 0.29) is 6.42 Å². The van der Waals surface area contributed by atoms with Crippen molar-refractivity contribution in [3.8, 4) is 11.4 Å². The molecule has 0 aliphatic carbocycles. The lowest BCUT2D eigenvalue weighted by atomic mass is 10.1. The Bertz CT molecular complexity index is 579. The zero-order valence-corrected chi connectivity index (χ0v) is 10.5. The Hall–Kier alpha value is -2.17. The first kappa shape index (κ1) is 12.3. The van der Waals surface area contributed by atoms with E-state index in [1.165, 1.54) is 0 Å². The van der Waals surface area contributed by atoms with Crippen LogP contribution in [0.25, 0.3) is 11.4 Å². The summed E-state index contributed by atoms with van der Waals surface area (Å²) in [5, 5.41) is 8.84. The molecule has 0 aliphatic heterocycles. The van der Waals surface area contributed by atoms with Crippen LogP contribution in [0.15, 0.2) is 16.7 Å². The van der Waals surface area contributed by atoms with Crippen LogP contribution < -0.4 is 0 Å². The molecular formula is C13H14N2O3. The molecule has 2 aromatic heterocycles. The van der Waals surface area contributed by atoms with E-state index in [4.69, 9.17) is 9.52 Å². The highest BCUT2D eigenvalue weighted by Crippen LogP contribution is 2.23. The van der Waals surface area contributed by atoms with Crippen molar-refractivity contribution in [2.24, 2.45) is 0 Å². The van der Waals surface area contributed by atoms with Crippen molar-refractivity contribution < 1.29 is 14.3 Å². The Morgan fingerprint density at radius 3 is 2.33 bits per heavy atom. The molecule has 0 fully saturated rings. The molecule has 1 N–H and O–H groups in total. The van der Waals surface area contributed by atoms with Crippen molar-refractivity contribution in [2.45, 2.75) is 27.2 Å². The summed E-state index contributed by atoms with van der Waals surface area (Å²) in [7, 11) is 0. The second kappa shape index (κ2) is 4.60. The fourth-order valence-electron chi connectivity index (χ4n) is 1.88. The number of nitrogens with zero attached hydrogens (tertiary/aromatic N) is 2. The van der Waals surface area contributed by atoms with Gasteiger partial charge in [0.1, 0.15) is 5.76 Å². The Kier molecular flexibility index (Phi) is 3.14. The molecule has 0 radical (unpaired) electrons. The van der Waals surface area contributed by atoms with Gasteiger partial charge in [0.25, 0.3) is 0 Å². The van der Waals surface area contributed by atoms with Crippen LogP contribution in [0.4, 0.5) is 0 Å². The maximum atomic E-state index is 10.8. The molecule has 0 unspecified atom stereocenters. The summed E-state index contributed by atoms with van der Waals surface area (Å²) in [6.07, 6.45) is 1.53. The third kappa shape index (κ3) is 2.25. The summed E-state index contributed by atoms with van der Waals surface area (Å²) in [6.45, 7) is 5.44. The molecule has 2 rings (SSSR count). The van der Waals surface area contributed by atoms with E-state index in [0.717, 1.165) is 11.3 Å². The van der Waals surface area contributed by atoms with E-state index in [1.807, 2.05) is 6.92 Å². The molecule has 0 spiro atoms. The number of aliphatic carboxylic acids is 1. The lowest BCUT2D eigenvalue weighted by molar-refractivity contribution is -0.136. The van der Waals surface area contributed by atoms with Gasteiger partial charge in [-0.1, -0.05) is 0 Å². The van der Waals surface area contributed by atoms with Crippen molar-refractivity contribution in [3.05, 3.63) is 35.0 Å². The predicted octanol–water partition coefficient (Wildman–Crippen LogP) is 2.29. The third-order valence-electron chi connectivity index (χ3n) is 2.85. The second-order valence-electron chi connectivity index (χ2n) is 4.16. The topological polar surface area (TPSA) is 76.2 Å². The average Bonchev–Trinajstić information content (AvgIpc) is 2.69. The van der Waals surface area contributed by atoms with Gasteiger partial charge in [0.2, 0.25) is 0 Å². The van der Waals surface area contributed by atoms with Gasteiger partial charge >= 0.3 is 5.97 Å². The minimum absolute atomic E-state index is 0.0533. The van der Waals surface area contributed by atoms with Gasteiger partial charge in [-0.25, -0.2) is 9.97 Å². The van der Waals surface area contributed by atoms with Gasteiger partial charge in [0.15, 0.2) is 5.82 Å². The van der Waals surface area contributed by atoms with Crippen LogP contribution in [0, 0.1) is 20.8 Å². The van der Waals surface area contributed by atoms with Crippen molar-refractivity contribution in [3.63, 3.8) is 0 Å². The molecule has 0 atom stereocenters. The molecule has 0 aliphatic rings. The molecule has 0 amide bonds. The first-order valence-electron chi connectivity index (χ1n) is 5.59. The van der Waals surface area contributed by atoms with E-state index in [2.05, 4.69) is 9.97 Å². The average molecular weight is 246 g/mol. The molecule has 2 aromatic rings. The highest BCUT2D eigenvalue weighted by Gasteiger charge is 2.14. The zero-order chi connectivity index (χ0) is 13.3. The third-order valence-corrected chi connectivity index (χ3v) is 2.85. The van der Waals surface area contributed by atoms with Gasteiger partial charge in [-0.05, 0) is 26.8 Å². The summed E-state index contributed by atoms with van der Waals surface area (Å²) in [4.78, 5) is 19.5. The largest absolute Gasteiger partial charge is 0.481 e. The number of carbonyl (C=O) groups is 1. The first-order valence-corrected chi connectivity index (χ1v) is 5.59. The van der Waals surface area contributed by atoms with Gasteiger partial charge in [0, 0.05) is 17.0 Å². The van der Waals surface area contributed by atoms with E-state index < -0.39 is 5.97 Å². The molecule has 0 aromatic carbocycles. The monoisotopic (exact) mass is 246 g/mol. The van der Waals surface area contributed by atoms with Gasteiger partial charge in [-0.15, -0.1) is 0 Å². The Balaban J connectivity index is 2.49. The second-order valence-corrected chi connectivity index (χ2v) is 4.16. The summed E-state index contributed by atoms with van der Waals surface area (Å²) >= 11 is 0. The molecule has 0 saturated heterocycles. The quantitative estimate of drug-likeness (QED) is 0.899. The van der Waals surface area contributed by atoms with Crippen LogP contribution in [0.2, 0.25) is 0 Å². The molecule has 94 valence electrons. The van der Waals surface area contributed by atoms with Crippen molar-refractivity contribution in [1.29, 1.82) is 0 Å². The van der Waals surface area contributed by atoms with Crippen LogP contribution in [0.5, 0.6) is 0 Å². The fourth-order valence-corrected chi connectivity index (χ4v) is 1.88. The number of carboxylic acids is 1. The van der Waals surface area contributed by atoms with Gasteiger partial charge < -0.3 is 9.52 Å². The SMILES string of the molecule is Cc1nc(-c2ccoc2C)nc(C)c1CC(=O)O. The van der Waals surface area contributed by atoms with E-state index >= 15 is 0 Å². The number of hydrogen-bond acceptors (Lipinski definition) is 4. The van der Waals surface area contributed by atoms with E-state index in [9.17, 15) is 4.79 Å². The maximum Gasteiger partial charge on any atom is 0.307 e. The maximum absolute atomic E-state index is 10.8. The lowest BCUT2D eigenvalue weighted by Gasteiger charge is -2.08. The smallest absolute Gasteiger partial charge is 0.307 e. The minimum atomic E-state index is -0.878. The van der Waals surface area contributed by atoms with Crippen LogP contribution >= 0.6 is 0 Å². The lowest BCUT2D eigenvalue weighted by Crippen LogP contribution is -2.08. The van der Waals surface area contributed by atoms with Gasteiger partial charge in [-0.3, -0.25) is 4.79 Å². The number of aromatic nitrogens is 2. The van der Waals surface area contributed by atoms with Crippen LogP contribution in [0.3, 0.4) is 0 Å². The summed E-state index contributed by atoms with van der Waals surface area (Å²) in [5.41, 5.74) is 2.90. The van der Waals surface area contributed by atoms with Crippen LogP contribution in [-0.2, 0) is 11.2 Å². The molecule has 0 saturated carbocycles. The summed E-state index contributed by atoms with van der Waals surface area (Å²) in [5.74, 6) is 0.446. The summed E-state index contributed by atoms with van der Waals surface area (Å²) in [6, 6.07) is 1.81. The van der Waals surface area contributed by atoms with E-state index in [0.29, 0.717) is 22.8 Å². The molecule has 2 heterocycles. The minimum Gasteiger partial charge on any atom is -0.481 e. The number of rotatable bonds is 3. The first-order chi connectivity index (χ1) is 8.49. The summed E-state index contributed by atoms with van der Waals surface area (Å²) < 4.78 is 5.22. The number of furan rings is 1. The highest BCUT2D eigenvalue weighted by molar-refractivity contribution is 5.71. The van der Waals surface area contributed by atoms with E-state index in [1.54, 1.807) is 26.2 Å². The number of hydrogen-bond donors (Lipinski definition) is 1. The molecule has 5 nitrogen and oxygen atoms in total. The fraction of sp³-hybridized carbons (Fsp3) is 0.308. The van der Waals surface area contributed by atoms with Crippen LogP contribution in [-0.4, -0.2) is 21.0 Å². The molecule has 0 bridgehead atoms. The molecule has 5 heteroatoms. The van der Waals surface area contributed by atoms with Crippen molar-refractivity contribution >= 4 is 5.97 Å². The highest BCUT2D eigenvalue weighted by atomic mass is 16.4. The normalized spacial score (nSPS) is 10.6. The Morgan fingerprint density at radius 2 is 1.89 bits per heavy atom.